The van der Waals surface area contributed by atoms with Crippen LogP contribution in [0.1, 0.15) is 57.4 Å². The second-order valence-corrected chi connectivity index (χ2v) is 13.1. The van der Waals surface area contributed by atoms with Gasteiger partial charge in [-0.05, 0) is 87.7 Å². The van der Waals surface area contributed by atoms with Crippen LogP contribution < -0.4 is 0 Å². The van der Waals surface area contributed by atoms with Gasteiger partial charge in [0.2, 0.25) is 0 Å². The summed E-state index contributed by atoms with van der Waals surface area (Å²) < 4.78 is 7.31. The van der Waals surface area contributed by atoms with Crippen molar-refractivity contribution in [3.8, 4) is 0 Å². The molecule has 0 amide bonds. The monoisotopic (exact) mass is 498 g/mol. The number of alkyl halides is 1. The predicted molar refractivity (Wildman–Crippen MR) is 134 cm³/mol. The first-order chi connectivity index (χ1) is 16.6. The molecule has 2 saturated heterocycles. The number of hydrogen-bond donors (Lipinski definition) is 3. The Kier molecular flexibility index (Phi) is 4.58. The minimum Gasteiger partial charge on any atom is -0.390 e. The molecule has 7 rings (SSSR count). The Hall–Kier alpha value is -1.51. The number of aromatic amines is 1. The van der Waals surface area contributed by atoms with E-state index in [1.165, 1.54) is 11.1 Å². The minimum absolute atomic E-state index is 0.0398. The van der Waals surface area contributed by atoms with Crippen LogP contribution in [-0.2, 0) is 4.74 Å². The van der Waals surface area contributed by atoms with Crippen molar-refractivity contribution in [1.82, 2.24) is 20.3 Å². The number of aliphatic hydroxyl groups is 2. The first-order valence-electron chi connectivity index (χ1n) is 13.1. The van der Waals surface area contributed by atoms with Crippen LogP contribution in [0, 0.1) is 17.3 Å². The van der Waals surface area contributed by atoms with E-state index in [2.05, 4.69) is 40.5 Å². The van der Waals surface area contributed by atoms with E-state index in [4.69, 9.17) is 16.3 Å². The lowest BCUT2D eigenvalue weighted by Crippen LogP contribution is -2.72. The van der Waals surface area contributed by atoms with E-state index < -0.39 is 28.3 Å². The third-order valence-electron chi connectivity index (χ3n) is 10.8. The quantitative estimate of drug-likeness (QED) is 0.549. The molecule has 2 aromatic rings. The molecule has 5 aliphatic rings. The van der Waals surface area contributed by atoms with Crippen LogP contribution >= 0.6 is 11.6 Å². The van der Waals surface area contributed by atoms with E-state index in [0.717, 1.165) is 49.6 Å². The van der Waals surface area contributed by atoms with Gasteiger partial charge in [0.05, 0.1) is 28.3 Å². The number of likely N-dealkylation sites (N-methyl/N-ethyl adjacent to an activating group) is 1. The fourth-order valence-electron chi connectivity index (χ4n) is 9.02. The molecule has 8 heteroatoms. The molecule has 0 radical (unpaired) electrons. The van der Waals surface area contributed by atoms with Crippen LogP contribution in [0.3, 0.4) is 0 Å². The van der Waals surface area contributed by atoms with E-state index in [9.17, 15) is 10.2 Å². The van der Waals surface area contributed by atoms with E-state index in [1.807, 2.05) is 25.1 Å². The Bertz CT molecular complexity index is 1230. The van der Waals surface area contributed by atoms with Gasteiger partial charge in [-0.3, -0.25) is 0 Å². The second kappa shape index (κ2) is 7.07. The summed E-state index contributed by atoms with van der Waals surface area (Å²) in [5, 5.41) is 33.5. The van der Waals surface area contributed by atoms with Crippen molar-refractivity contribution in [3.63, 3.8) is 0 Å². The van der Waals surface area contributed by atoms with Gasteiger partial charge in [0.25, 0.3) is 0 Å². The average Bonchev–Trinajstić information content (AvgIpc) is 3.52. The molecule has 3 N–H and O–H groups in total. The van der Waals surface area contributed by atoms with Crippen LogP contribution in [0.2, 0.25) is 0 Å². The third kappa shape index (κ3) is 2.71. The highest BCUT2D eigenvalue weighted by Crippen LogP contribution is 2.73. The van der Waals surface area contributed by atoms with Crippen molar-refractivity contribution < 1.29 is 14.9 Å². The molecule has 1 aromatic heterocycles. The molecule has 35 heavy (non-hydrogen) atoms. The number of hydrogen-bond acceptors (Lipinski definition) is 6. The highest BCUT2D eigenvalue weighted by Gasteiger charge is 2.76. The van der Waals surface area contributed by atoms with Crippen molar-refractivity contribution in [2.45, 2.75) is 86.2 Å². The molecule has 4 fully saturated rings. The summed E-state index contributed by atoms with van der Waals surface area (Å²) in [6, 6.07) is 6.23. The molecule has 2 aliphatic heterocycles. The van der Waals surface area contributed by atoms with Crippen molar-refractivity contribution >= 4 is 28.2 Å². The molecule has 7 nitrogen and oxygen atoms in total. The minimum atomic E-state index is -0.817. The SMILES string of the molecule is CN(C)[C@H]1C[C@@]23CC[C@]4(O2)C2CC=C(c5ccc6n[nH]nc6c5)[C@@]2(C)CCC4(Cl)CC3[C@@H](O)[C@@H]1O. The number of nitrogens with one attached hydrogen (secondary N) is 1. The van der Waals surface area contributed by atoms with Gasteiger partial charge in [-0.2, -0.15) is 15.4 Å². The molecule has 2 saturated carbocycles. The van der Waals surface area contributed by atoms with Crippen LogP contribution in [0.5, 0.6) is 0 Å². The molecular weight excluding hydrogens is 464 g/mol. The number of fused-ring (bicyclic) bond motifs is 2. The zero-order valence-corrected chi connectivity index (χ0v) is 21.4. The van der Waals surface area contributed by atoms with Crippen LogP contribution in [0.4, 0.5) is 0 Å². The van der Waals surface area contributed by atoms with E-state index in [1.54, 1.807) is 0 Å². The summed E-state index contributed by atoms with van der Waals surface area (Å²) >= 11 is 7.60. The molecule has 188 valence electrons. The molecule has 1 aromatic carbocycles. The normalized spacial score (nSPS) is 48.5. The van der Waals surface area contributed by atoms with Gasteiger partial charge >= 0.3 is 0 Å². The fourth-order valence-corrected chi connectivity index (χ4v) is 9.54. The molecule has 9 atom stereocenters. The van der Waals surface area contributed by atoms with Crippen LogP contribution in [0.25, 0.3) is 16.6 Å². The van der Waals surface area contributed by atoms with E-state index in [0.29, 0.717) is 6.42 Å². The second-order valence-electron chi connectivity index (χ2n) is 12.4. The lowest BCUT2D eigenvalue weighted by Gasteiger charge is -2.65. The van der Waals surface area contributed by atoms with Gasteiger partial charge in [0, 0.05) is 17.9 Å². The lowest BCUT2D eigenvalue weighted by atomic mass is 9.52. The third-order valence-corrected chi connectivity index (χ3v) is 11.5. The first kappa shape index (κ1) is 22.7. The Morgan fingerprint density at radius 1 is 1.06 bits per heavy atom. The molecule has 3 heterocycles. The maximum atomic E-state index is 11.3. The summed E-state index contributed by atoms with van der Waals surface area (Å²) in [7, 11) is 3.96. The smallest absolute Gasteiger partial charge is 0.113 e. The summed E-state index contributed by atoms with van der Waals surface area (Å²) in [4.78, 5) is 1.52. The van der Waals surface area contributed by atoms with Crippen molar-refractivity contribution in [2.75, 3.05) is 14.1 Å². The molecule has 2 bridgehead atoms. The Balaban J connectivity index is 1.28. The number of ether oxygens (including phenoxy) is 1. The van der Waals surface area contributed by atoms with Crippen molar-refractivity contribution in [2.24, 2.45) is 17.3 Å². The Morgan fingerprint density at radius 3 is 2.66 bits per heavy atom. The van der Waals surface area contributed by atoms with E-state index >= 15 is 0 Å². The largest absolute Gasteiger partial charge is 0.390 e. The number of benzene rings is 1. The fraction of sp³-hybridized carbons (Fsp3) is 0.704. The highest BCUT2D eigenvalue weighted by atomic mass is 35.5. The van der Waals surface area contributed by atoms with Gasteiger partial charge in [0.15, 0.2) is 0 Å². The lowest BCUT2D eigenvalue weighted by molar-refractivity contribution is -0.276. The van der Waals surface area contributed by atoms with Crippen molar-refractivity contribution in [3.05, 3.63) is 29.8 Å². The number of allylic oxidation sites excluding steroid dienone is 2. The topological polar surface area (TPSA) is 94.5 Å². The average molecular weight is 499 g/mol. The summed E-state index contributed by atoms with van der Waals surface area (Å²) in [5.41, 5.74) is 3.46. The number of rotatable bonds is 2. The highest BCUT2D eigenvalue weighted by molar-refractivity contribution is 6.25. The van der Waals surface area contributed by atoms with Gasteiger partial charge in [-0.15, -0.1) is 11.6 Å². The maximum Gasteiger partial charge on any atom is 0.113 e. The summed E-state index contributed by atoms with van der Waals surface area (Å²) in [6.07, 6.45) is 6.84. The predicted octanol–water partition coefficient (Wildman–Crippen LogP) is 3.50. The molecular formula is C27H35ClN4O3. The van der Waals surface area contributed by atoms with Crippen molar-refractivity contribution in [1.29, 1.82) is 0 Å². The Labute approximate surface area is 210 Å². The maximum absolute atomic E-state index is 11.3. The first-order valence-corrected chi connectivity index (χ1v) is 13.4. The summed E-state index contributed by atoms with van der Waals surface area (Å²) in [5.74, 6) is 0.154. The number of halogens is 1. The zero-order valence-electron chi connectivity index (χ0n) is 20.7. The van der Waals surface area contributed by atoms with Gasteiger partial charge < -0.3 is 19.8 Å². The molecule has 2 spiro atoms. The standard InChI is InChI=1S/C27H35ClN4O3/c1-24-8-10-26(28)13-17-22(33)23(34)20(32(2)3)14-25(17)9-11-27(26,35-25)21(24)7-5-16(24)15-4-6-18-19(12-15)30-31-29-18/h4-6,12,17,20-23,33-34H,7-11,13-14H2,1-3H3,(H,29,30,31)/t17?,20-,21?,22+,23+,24+,25+,26?,27-/m0/s1. The number of aromatic nitrogens is 3. The molecule has 3 aliphatic carbocycles. The van der Waals surface area contributed by atoms with E-state index in [-0.39, 0.29) is 23.3 Å². The number of aliphatic hydroxyl groups excluding tert-OH is 2. The van der Waals surface area contributed by atoms with Crippen LogP contribution in [-0.4, -0.2) is 78.9 Å². The van der Waals surface area contributed by atoms with Gasteiger partial charge in [0.1, 0.15) is 11.0 Å². The van der Waals surface area contributed by atoms with Gasteiger partial charge in [-0.25, -0.2) is 0 Å². The number of H-pyrrole nitrogens is 1. The Morgan fingerprint density at radius 2 is 1.86 bits per heavy atom. The summed E-state index contributed by atoms with van der Waals surface area (Å²) in [6.45, 7) is 2.40. The van der Waals surface area contributed by atoms with Crippen LogP contribution in [0.15, 0.2) is 24.3 Å². The number of nitrogens with zero attached hydrogens (tertiary/aromatic N) is 3. The van der Waals surface area contributed by atoms with Gasteiger partial charge in [-0.1, -0.05) is 19.1 Å². The molecule has 3 unspecified atom stereocenters. The zero-order chi connectivity index (χ0) is 24.4.